The number of benzene rings is 2. The van der Waals surface area contributed by atoms with Gasteiger partial charge in [0.2, 0.25) is 5.91 Å². The van der Waals surface area contributed by atoms with E-state index in [-0.39, 0.29) is 29.2 Å². The Balaban J connectivity index is 1.51. The number of nitrogens with one attached hydrogen (secondary N) is 1. The van der Waals surface area contributed by atoms with Crippen molar-refractivity contribution in [2.24, 2.45) is 0 Å². The fourth-order valence-electron chi connectivity index (χ4n) is 3.42. The van der Waals surface area contributed by atoms with E-state index in [1.165, 1.54) is 11.8 Å². The van der Waals surface area contributed by atoms with E-state index in [0.717, 1.165) is 21.8 Å². The summed E-state index contributed by atoms with van der Waals surface area (Å²) in [7, 11) is -3.02. The number of thioether (sulfide) groups is 1. The molecular formula is C20H20ClN3O3S2. The maximum Gasteiger partial charge on any atom is 0.230 e. The number of amides is 1. The molecule has 1 saturated heterocycles. The molecular weight excluding hydrogens is 430 g/mol. The van der Waals surface area contributed by atoms with Gasteiger partial charge >= 0.3 is 0 Å². The Morgan fingerprint density at radius 3 is 2.76 bits per heavy atom. The van der Waals surface area contributed by atoms with Crippen LogP contribution >= 0.6 is 23.4 Å². The lowest BCUT2D eigenvalue weighted by Gasteiger charge is -2.11. The highest BCUT2D eigenvalue weighted by atomic mass is 35.5. The first kappa shape index (κ1) is 20.3. The average molecular weight is 450 g/mol. The standard InChI is InChI=1S/C20H20ClN3O3S2/c21-15-6-7-18-17(10-15)23-20(24(18)11-14-4-2-1-3-5-14)28-12-19(25)22-16-8-9-29(26,27)13-16/h1-7,10,16H,8-9,11-13H2,(H,22,25). The first-order valence-corrected chi connectivity index (χ1v) is 12.4. The summed E-state index contributed by atoms with van der Waals surface area (Å²) in [6, 6.07) is 15.3. The van der Waals surface area contributed by atoms with Gasteiger partial charge in [-0.05, 0) is 30.2 Å². The van der Waals surface area contributed by atoms with Crippen LogP contribution in [0.2, 0.25) is 5.02 Å². The quantitative estimate of drug-likeness (QED) is 0.585. The smallest absolute Gasteiger partial charge is 0.230 e. The van der Waals surface area contributed by atoms with Gasteiger partial charge < -0.3 is 9.88 Å². The molecule has 0 aliphatic carbocycles. The van der Waals surface area contributed by atoms with Gasteiger partial charge in [-0.15, -0.1) is 0 Å². The molecule has 0 bridgehead atoms. The predicted molar refractivity (Wildman–Crippen MR) is 116 cm³/mol. The summed E-state index contributed by atoms with van der Waals surface area (Å²) in [6.45, 7) is 0.629. The number of aromatic nitrogens is 2. The number of imidazole rings is 1. The molecule has 0 radical (unpaired) electrons. The van der Waals surface area contributed by atoms with Crippen LogP contribution in [0.1, 0.15) is 12.0 Å². The van der Waals surface area contributed by atoms with Crippen molar-refractivity contribution in [3.8, 4) is 0 Å². The number of nitrogens with zero attached hydrogens (tertiary/aromatic N) is 2. The average Bonchev–Trinajstić information content (AvgIpc) is 3.19. The van der Waals surface area contributed by atoms with E-state index in [4.69, 9.17) is 11.6 Å². The Kier molecular flexibility index (Phi) is 5.85. The largest absolute Gasteiger partial charge is 0.352 e. The van der Waals surface area contributed by atoms with Gasteiger partial charge in [0.1, 0.15) is 0 Å². The summed E-state index contributed by atoms with van der Waals surface area (Å²) < 4.78 is 25.2. The van der Waals surface area contributed by atoms with Crippen molar-refractivity contribution in [2.75, 3.05) is 17.3 Å². The molecule has 1 aromatic heterocycles. The highest BCUT2D eigenvalue weighted by molar-refractivity contribution is 7.99. The van der Waals surface area contributed by atoms with Crippen molar-refractivity contribution in [3.63, 3.8) is 0 Å². The van der Waals surface area contributed by atoms with E-state index in [2.05, 4.69) is 14.9 Å². The fourth-order valence-corrected chi connectivity index (χ4v) is 6.08. The van der Waals surface area contributed by atoms with Crippen molar-refractivity contribution < 1.29 is 13.2 Å². The molecule has 2 heterocycles. The van der Waals surface area contributed by atoms with Crippen LogP contribution in [0.3, 0.4) is 0 Å². The molecule has 4 rings (SSSR count). The molecule has 9 heteroatoms. The van der Waals surface area contributed by atoms with Crippen molar-refractivity contribution in [1.29, 1.82) is 0 Å². The zero-order valence-electron chi connectivity index (χ0n) is 15.5. The van der Waals surface area contributed by atoms with E-state index >= 15 is 0 Å². The van der Waals surface area contributed by atoms with Gasteiger partial charge in [-0.3, -0.25) is 4.79 Å². The summed E-state index contributed by atoms with van der Waals surface area (Å²) in [4.78, 5) is 17.0. The molecule has 3 aromatic rings. The molecule has 0 spiro atoms. The number of hydrogen-bond acceptors (Lipinski definition) is 5. The minimum absolute atomic E-state index is 0.0222. The summed E-state index contributed by atoms with van der Waals surface area (Å²) in [5.41, 5.74) is 2.85. The Labute approximate surface area is 178 Å². The van der Waals surface area contributed by atoms with Crippen LogP contribution < -0.4 is 5.32 Å². The lowest BCUT2D eigenvalue weighted by molar-refractivity contribution is -0.119. The highest BCUT2D eigenvalue weighted by Crippen LogP contribution is 2.27. The minimum Gasteiger partial charge on any atom is -0.352 e. The number of fused-ring (bicyclic) bond motifs is 1. The molecule has 1 aliphatic heterocycles. The SMILES string of the molecule is O=C(CSc1nc2cc(Cl)ccc2n1Cc1ccccc1)NC1CCS(=O)(=O)C1. The molecule has 2 aromatic carbocycles. The minimum atomic E-state index is -3.02. The summed E-state index contributed by atoms with van der Waals surface area (Å²) in [5.74, 6) is 0.142. The number of halogens is 1. The van der Waals surface area contributed by atoms with Crippen molar-refractivity contribution in [2.45, 2.75) is 24.2 Å². The van der Waals surface area contributed by atoms with Gasteiger partial charge in [0.05, 0.1) is 34.8 Å². The molecule has 0 saturated carbocycles. The van der Waals surface area contributed by atoms with Gasteiger partial charge in [0, 0.05) is 11.1 Å². The van der Waals surface area contributed by atoms with Crippen LogP contribution in [-0.4, -0.2) is 47.2 Å². The van der Waals surface area contributed by atoms with Crippen molar-refractivity contribution in [3.05, 3.63) is 59.1 Å². The van der Waals surface area contributed by atoms with Gasteiger partial charge in [-0.25, -0.2) is 13.4 Å². The van der Waals surface area contributed by atoms with Crippen LogP contribution in [0.4, 0.5) is 0 Å². The van der Waals surface area contributed by atoms with Gasteiger partial charge in [0.15, 0.2) is 15.0 Å². The van der Waals surface area contributed by atoms with Crippen LogP contribution in [-0.2, 0) is 21.2 Å². The topological polar surface area (TPSA) is 81.1 Å². The normalized spacial score (nSPS) is 18.2. The second-order valence-electron chi connectivity index (χ2n) is 7.06. The molecule has 1 fully saturated rings. The Bertz CT molecular complexity index is 1150. The predicted octanol–water partition coefficient (Wildman–Crippen LogP) is 3.13. The molecule has 1 atom stereocenters. The second kappa shape index (κ2) is 8.38. The Morgan fingerprint density at radius 1 is 1.24 bits per heavy atom. The van der Waals surface area contributed by atoms with Crippen LogP contribution in [0.25, 0.3) is 11.0 Å². The number of sulfone groups is 1. The number of rotatable bonds is 6. The lowest BCUT2D eigenvalue weighted by Crippen LogP contribution is -2.36. The molecule has 6 nitrogen and oxygen atoms in total. The number of hydrogen-bond donors (Lipinski definition) is 1. The third-order valence-electron chi connectivity index (χ3n) is 4.79. The van der Waals surface area contributed by atoms with E-state index in [1.807, 2.05) is 48.5 Å². The van der Waals surface area contributed by atoms with Gasteiger partial charge in [0.25, 0.3) is 0 Å². The van der Waals surface area contributed by atoms with Crippen LogP contribution in [0, 0.1) is 0 Å². The summed E-state index contributed by atoms with van der Waals surface area (Å²) in [6.07, 6.45) is 0.476. The third-order valence-corrected chi connectivity index (χ3v) is 7.77. The van der Waals surface area contributed by atoms with Crippen LogP contribution in [0.5, 0.6) is 0 Å². The lowest BCUT2D eigenvalue weighted by atomic mass is 10.2. The Hall–Kier alpha value is -2.03. The van der Waals surface area contributed by atoms with Gasteiger partial charge in [-0.2, -0.15) is 0 Å². The Morgan fingerprint density at radius 2 is 2.03 bits per heavy atom. The zero-order valence-corrected chi connectivity index (χ0v) is 17.9. The van der Waals surface area contributed by atoms with E-state index < -0.39 is 9.84 Å². The molecule has 1 aliphatic rings. The number of carbonyl (C=O) groups is 1. The van der Waals surface area contributed by atoms with E-state index in [0.29, 0.717) is 18.0 Å². The molecule has 29 heavy (non-hydrogen) atoms. The summed E-state index contributed by atoms with van der Waals surface area (Å²) >= 11 is 7.45. The maximum absolute atomic E-state index is 12.3. The molecule has 1 amide bonds. The number of carbonyl (C=O) groups excluding carboxylic acids is 1. The van der Waals surface area contributed by atoms with Crippen molar-refractivity contribution in [1.82, 2.24) is 14.9 Å². The van der Waals surface area contributed by atoms with Crippen LogP contribution in [0.15, 0.2) is 53.7 Å². The first-order valence-electron chi connectivity index (χ1n) is 9.22. The third kappa shape index (κ3) is 4.94. The van der Waals surface area contributed by atoms with Gasteiger partial charge in [-0.1, -0.05) is 53.7 Å². The van der Waals surface area contributed by atoms with E-state index in [9.17, 15) is 13.2 Å². The highest BCUT2D eigenvalue weighted by Gasteiger charge is 2.29. The van der Waals surface area contributed by atoms with Crippen molar-refractivity contribution >= 4 is 50.1 Å². The fraction of sp³-hybridized carbons (Fsp3) is 0.300. The first-order chi connectivity index (χ1) is 13.9. The maximum atomic E-state index is 12.3. The molecule has 1 unspecified atom stereocenters. The molecule has 1 N–H and O–H groups in total. The monoisotopic (exact) mass is 449 g/mol. The second-order valence-corrected chi connectivity index (χ2v) is 10.7. The van der Waals surface area contributed by atoms with E-state index in [1.54, 1.807) is 0 Å². The zero-order chi connectivity index (χ0) is 20.4. The summed E-state index contributed by atoms with van der Waals surface area (Å²) in [5, 5.41) is 4.15. The molecule has 152 valence electrons.